The molecule has 0 atom stereocenters. The molecule has 5 nitrogen and oxygen atoms in total. The van der Waals surface area contributed by atoms with E-state index in [0.29, 0.717) is 6.42 Å². The Balaban J connectivity index is 1.99. The highest BCUT2D eigenvalue weighted by Gasteiger charge is 2.14. The van der Waals surface area contributed by atoms with Gasteiger partial charge in [0.15, 0.2) is 5.82 Å². The van der Waals surface area contributed by atoms with Gasteiger partial charge in [0, 0.05) is 13.1 Å². The van der Waals surface area contributed by atoms with Gasteiger partial charge in [-0.2, -0.15) is 8.75 Å². The van der Waals surface area contributed by atoms with Crippen molar-refractivity contribution >= 4 is 28.6 Å². The van der Waals surface area contributed by atoms with Crippen molar-refractivity contribution in [3.8, 4) is 0 Å². The summed E-state index contributed by atoms with van der Waals surface area (Å²) < 4.78 is 11.0. The second-order valence-corrected chi connectivity index (χ2v) is 5.46. The van der Waals surface area contributed by atoms with Gasteiger partial charge < -0.3 is 9.88 Å². The van der Waals surface area contributed by atoms with Gasteiger partial charge in [-0.1, -0.05) is 19.1 Å². The number of hydrogen-bond donors (Lipinski definition) is 1. The molecule has 6 heteroatoms. The summed E-state index contributed by atoms with van der Waals surface area (Å²) in [5.74, 6) is 1.95. The molecule has 0 saturated carbocycles. The van der Waals surface area contributed by atoms with Gasteiger partial charge in [0.05, 0.1) is 29.2 Å². The fraction of sp³-hybridized carbons (Fsp3) is 0.400. The Morgan fingerprint density at radius 2 is 2.05 bits per heavy atom. The van der Waals surface area contributed by atoms with Gasteiger partial charge in [0.1, 0.15) is 11.5 Å². The lowest BCUT2D eigenvalue weighted by atomic mass is 10.3. The molecule has 0 fully saturated rings. The third-order valence-electron chi connectivity index (χ3n) is 3.41. The van der Waals surface area contributed by atoms with Crippen LogP contribution in [0, 0.1) is 0 Å². The summed E-state index contributed by atoms with van der Waals surface area (Å²) in [4.78, 5) is 4.78. The molecular weight excluding hydrogens is 282 g/mol. The number of nitrogens with zero attached hydrogens (tertiary/aromatic N) is 4. The summed E-state index contributed by atoms with van der Waals surface area (Å²) in [6.45, 7) is 6.08. The van der Waals surface area contributed by atoms with Crippen LogP contribution in [0.1, 0.15) is 31.8 Å². The molecule has 3 rings (SSSR count). The largest absolute Gasteiger partial charge is 0.368 e. The molecule has 21 heavy (non-hydrogen) atoms. The van der Waals surface area contributed by atoms with Gasteiger partial charge in [-0.15, -0.1) is 0 Å². The van der Waals surface area contributed by atoms with E-state index in [9.17, 15) is 0 Å². The molecule has 2 aromatic heterocycles. The fourth-order valence-corrected chi connectivity index (χ4v) is 3.05. The number of nitrogens with one attached hydrogen (secondary N) is 1. The average molecular weight is 301 g/mol. The molecule has 2 heterocycles. The standard InChI is InChI=1S/C15H19N5S/c1-3-9-20-13-8-6-5-7-11(13)17-14(20)10-12-15(16-4-2)19-21-18-12/h5-8H,3-4,9-10H2,1-2H3,(H,16,19). The average Bonchev–Trinajstić information content (AvgIpc) is 3.06. The Labute approximate surface area is 128 Å². The number of hydrogen-bond acceptors (Lipinski definition) is 5. The van der Waals surface area contributed by atoms with E-state index >= 15 is 0 Å². The maximum atomic E-state index is 4.78. The summed E-state index contributed by atoms with van der Waals surface area (Å²) in [7, 11) is 0. The van der Waals surface area contributed by atoms with Crippen LogP contribution in [0.25, 0.3) is 11.0 Å². The van der Waals surface area contributed by atoms with Crippen LogP contribution in [-0.4, -0.2) is 24.8 Å². The van der Waals surface area contributed by atoms with Crippen molar-refractivity contribution in [3.05, 3.63) is 35.8 Å². The van der Waals surface area contributed by atoms with Crippen molar-refractivity contribution in [1.29, 1.82) is 0 Å². The van der Waals surface area contributed by atoms with Crippen LogP contribution in [-0.2, 0) is 13.0 Å². The Hall–Kier alpha value is -1.95. The maximum absolute atomic E-state index is 4.78. The zero-order valence-electron chi connectivity index (χ0n) is 12.3. The van der Waals surface area contributed by atoms with Crippen LogP contribution < -0.4 is 5.32 Å². The van der Waals surface area contributed by atoms with Crippen LogP contribution >= 0.6 is 11.7 Å². The van der Waals surface area contributed by atoms with Crippen LogP contribution in [0.4, 0.5) is 5.82 Å². The summed E-state index contributed by atoms with van der Waals surface area (Å²) in [6.07, 6.45) is 1.80. The van der Waals surface area contributed by atoms with E-state index in [1.807, 2.05) is 6.07 Å². The van der Waals surface area contributed by atoms with Gasteiger partial charge in [-0.3, -0.25) is 0 Å². The highest BCUT2D eigenvalue weighted by atomic mass is 32.1. The van der Waals surface area contributed by atoms with Crippen molar-refractivity contribution in [2.24, 2.45) is 0 Å². The molecule has 1 N–H and O–H groups in total. The number of aromatic nitrogens is 4. The molecule has 110 valence electrons. The van der Waals surface area contributed by atoms with E-state index in [1.165, 1.54) is 17.2 Å². The lowest BCUT2D eigenvalue weighted by molar-refractivity contribution is 0.663. The third-order valence-corrected chi connectivity index (χ3v) is 3.97. The quantitative estimate of drug-likeness (QED) is 0.759. The predicted molar refractivity (Wildman–Crippen MR) is 86.9 cm³/mol. The van der Waals surface area contributed by atoms with Crippen molar-refractivity contribution in [1.82, 2.24) is 18.3 Å². The SMILES string of the molecule is CCCn1c(Cc2nsnc2NCC)nc2ccccc21. The van der Waals surface area contributed by atoms with E-state index in [4.69, 9.17) is 4.98 Å². The van der Waals surface area contributed by atoms with Crippen LogP contribution in [0.2, 0.25) is 0 Å². The minimum absolute atomic E-state index is 0.716. The normalized spacial score (nSPS) is 11.1. The third kappa shape index (κ3) is 2.76. The number of anilines is 1. The second-order valence-electron chi connectivity index (χ2n) is 4.94. The first-order valence-electron chi connectivity index (χ1n) is 7.33. The van der Waals surface area contributed by atoms with Crippen molar-refractivity contribution < 1.29 is 0 Å². The first kappa shape index (κ1) is 14.0. The Bertz CT molecular complexity index is 731. The number of benzene rings is 1. The summed E-state index contributed by atoms with van der Waals surface area (Å²) in [5.41, 5.74) is 3.23. The minimum Gasteiger partial charge on any atom is -0.368 e. The summed E-state index contributed by atoms with van der Waals surface area (Å²) in [6, 6.07) is 8.29. The number of aryl methyl sites for hydroxylation is 1. The Morgan fingerprint density at radius 1 is 1.19 bits per heavy atom. The second kappa shape index (κ2) is 6.22. The molecule has 0 unspecified atom stereocenters. The lowest BCUT2D eigenvalue weighted by Crippen LogP contribution is -2.07. The maximum Gasteiger partial charge on any atom is 0.163 e. The number of fused-ring (bicyclic) bond motifs is 1. The first-order chi connectivity index (χ1) is 10.3. The molecule has 1 aromatic carbocycles. The molecule has 0 radical (unpaired) electrons. The Morgan fingerprint density at radius 3 is 2.86 bits per heavy atom. The Kier molecular flexibility index (Phi) is 4.15. The number of rotatable bonds is 6. The van der Waals surface area contributed by atoms with E-state index < -0.39 is 0 Å². The van der Waals surface area contributed by atoms with Gasteiger partial charge in [0.2, 0.25) is 0 Å². The van der Waals surface area contributed by atoms with Gasteiger partial charge in [-0.25, -0.2) is 4.98 Å². The molecule has 0 aliphatic carbocycles. The van der Waals surface area contributed by atoms with Crippen LogP contribution in [0.15, 0.2) is 24.3 Å². The molecule has 0 aliphatic heterocycles. The molecule has 0 aliphatic rings. The lowest BCUT2D eigenvalue weighted by Gasteiger charge is -2.07. The molecule has 0 amide bonds. The van der Waals surface area contributed by atoms with Crippen molar-refractivity contribution in [2.75, 3.05) is 11.9 Å². The van der Waals surface area contributed by atoms with Crippen LogP contribution in [0.3, 0.4) is 0 Å². The monoisotopic (exact) mass is 301 g/mol. The fourth-order valence-electron chi connectivity index (χ4n) is 2.51. The van der Waals surface area contributed by atoms with E-state index in [1.54, 1.807) is 0 Å². The summed E-state index contributed by atoms with van der Waals surface area (Å²) in [5, 5.41) is 3.26. The molecule has 0 saturated heterocycles. The topological polar surface area (TPSA) is 55.6 Å². The number of imidazole rings is 1. The van der Waals surface area contributed by atoms with Gasteiger partial charge in [0.25, 0.3) is 0 Å². The molecule has 0 bridgehead atoms. The highest BCUT2D eigenvalue weighted by molar-refractivity contribution is 6.99. The minimum atomic E-state index is 0.716. The molecule has 3 aromatic rings. The van der Waals surface area contributed by atoms with Crippen LogP contribution in [0.5, 0.6) is 0 Å². The smallest absolute Gasteiger partial charge is 0.163 e. The first-order valence-corrected chi connectivity index (χ1v) is 8.06. The van der Waals surface area contributed by atoms with Gasteiger partial charge in [-0.05, 0) is 25.5 Å². The predicted octanol–water partition coefficient (Wildman–Crippen LogP) is 3.32. The zero-order valence-corrected chi connectivity index (χ0v) is 13.2. The van der Waals surface area contributed by atoms with E-state index in [0.717, 1.165) is 42.4 Å². The molecule has 0 spiro atoms. The molecular formula is C15H19N5S. The zero-order chi connectivity index (χ0) is 14.7. The summed E-state index contributed by atoms with van der Waals surface area (Å²) >= 11 is 1.25. The van der Waals surface area contributed by atoms with E-state index in [2.05, 4.69) is 50.7 Å². The van der Waals surface area contributed by atoms with Crippen molar-refractivity contribution in [3.63, 3.8) is 0 Å². The van der Waals surface area contributed by atoms with Gasteiger partial charge >= 0.3 is 0 Å². The highest BCUT2D eigenvalue weighted by Crippen LogP contribution is 2.21. The van der Waals surface area contributed by atoms with E-state index in [-0.39, 0.29) is 0 Å². The van der Waals surface area contributed by atoms with Crippen molar-refractivity contribution in [2.45, 2.75) is 33.2 Å². The number of para-hydroxylation sites is 2.